The first-order chi connectivity index (χ1) is 10.1. The van der Waals surface area contributed by atoms with Crippen molar-refractivity contribution >= 4 is 17.2 Å². The molecule has 1 N–H and O–H groups in total. The van der Waals surface area contributed by atoms with Crippen molar-refractivity contribution in [2.75, 3.05) is 19.7 Å². The minimum Gasteiger partial charge on any atom is -0.392 e. The number of likely N-dealkylation sites (tertiary alicyclic amines) is 1. The smallest absolute Gasteiger partial charge is 0.265 e. The minimum atomic E-state index is -0.281. The van der Waals surface area contributed by atoms with E-state index in [2.05, 4.69) is 4.98 Å². The van der Waals surface area contributed by atoms with Gasteiger partial charge in [-0.25, -0.2) is 4.98 Å². The van der Waals surface area contributed by atoms with Crippen LogP contribution in [0.15, 0.2) is 5.51 Å². The number of nitrogens with zero attached hydrogens (tertiary/aromatic N) is 2. The number of piperidine rings is 1. The van der Waals surface area contributed by atoms with E-state index in [0.717, 1.165) is 29.8 Å². The number of aliphatic hydroxyl groups excluding tert-OH is 1. The molecule has 2 atom stereocenters. The predicted molar refractivity (Wildman–Crippen MR) is 80.5 cm³/mol. The highest BCUT2D eigenvalue weighted by Gasteiger charge is 2.56. The molecule has 1 aromatic rings. The maximum absolute atomic E-state index is 12.5. The predicted octanol–water partition coefficient (Wildman–Crippen LogP) is 1.84. The average Bonchev–Trinajstić information content (AvgIpc) is 2.92. The molecule has 2 heterocycles. The zero-order valence-electron chi connectivity index (χ0n) is 12.5. The molecule has 0 aromatic carbocycles. The Hall–Kier alpha value is -0.980. The van der Waals surface area contributed by atoms with Gasteiger partial charge in [0, 0.05) is 31.5 Å². The molecule has 1 saturated carbocycles. The molecule has 1 saturated heterocycles. The molecule has 0 radical (unpaired) electrons. The van der Waals surface area contributed by atoms with Gasteiger partial charge in [-0.05, 0) is 26.7 Å². The second kappa shape index (κ2) is 5.66. The summed E-state index contributed by atoms with van der Waals surface area (Å²) in [6, 6.07) is 0. The summed E-state index contributed by atoms with van der Waals surface area (Å²) < 4.78 is 5.76. The molecule has 116 valence electrons. The fourth-order valence-corrected chi connectivity index (χ4v) is 4.36. The van der Waals surface area contributed by atoms with Gasteiger partial charge >= 0.3 is 0 Å². The number of carbonyl (C=O) groups is 1. The number of ether oxygens (including phenoxy) is 1. The Kier molecular flexibility index (Phi) is 4.03. The van der Waals surface area contributed by atoms with Gasteiger partial charge in [0.1, 0.15) is 4.88 Å². The Bertz CT molecular complexity index is 521. The van der Waals surface area contributed by atoms with Gasteiger partial charge in [0.05, 0.1) is 23.4 Å². The minimum absolute atomic E-state index is 0.0756. The fourth-order valence-electron chi connectivity index (χ4n) is 3.59. The van der Waals surface area contributed by atoms with Crippen LogP contribution in [0.3, 0.4) is 0 Å². The molecule has 1 aliphatic heterocycles. The molecule has 1 spiro atoms. The van der Waals surface area contributed by atoms with Gasteiger partial charge in [-0.3, -0.25) is 4.79 Å². The third kappa shape index (κ3) is 2.39. The van der Waals surface area contributed by atoms with Crippen molar-refractivity contribution in [3.05, 3.63) is 16.1 Å². The molecular weight excluding hydrogens is 288 g/mol. The monoisotopic (exact) mass is 310 g/mol. The van der Waals surface area contributed by atoms with E-state index in [9.17, 15) is 9.90 Å². The van der Waals surface area contributed by atoms with E-state index in [1.807, 2.05) is 18.7 Å². The van der Waals surface area contributed by atoms with Gasteiger partial charge in [0.25, 0.3) is 5.91 Å². The molecule has 2 aliphatic rings. The number of hydrogen-bond donors (Lipinski definition) is 1. The Morgan fingerprint density at radius 2 is 2.29 bits per heavy atom. The van der Waals surface area contributed by atoms with Gasteiger partial charge < -0.3 is 14.7 Å². The zero-order chi connectivity index (χ0) is 15.0. The van der Waals surface area contributed by atoms with Crippen molar-refractivity contribution in [2.24, 2.45) is 5.41 Å². The van der Waals surface area contributed by atoms with Crippen LogP contribution in [0.2, 0.25) is 0 Å². The summed E-state index contributed by atoms with van der Waals surface area (Å²) in [5, 5.41) is 10.2. The molecule has 1 aliphatic carbocycles. The Morgan fingerprint density at radius 3 is 2.81 bits per heavy atom. The van der Waals surface area contributed by atoms with Crippen LogP contribution in [0.1, 0.15) is 41.6 Å². The van der Waals surface area contributed by atoms with Crippen LogP contribution in [0.5, 0.6) is 0 Å². The van der Waals surface area contributed by atoms with E-state index in [1.54, 1.807) is 5.51 Å². The Balaban J connectivity index is 1.65. The molecular formula is C15H22N2O3S. The lowest BCUT2D eigenvalue weighted by molar-refractivity contribution is -0.207. The van der Waals surface area contributed by atoms with Crippen molar-refractivity contribution in [2.45, 2.75) is 45.3 Å². The highest BCUT2D eigenvalue weighted by atomic mass is 32.1. The highest BCUT2D eigenvalue weighted by molar-refractivity contribution is 7.11. The number of aryl methyl sites for hydroxylation is 1. The normalized spacial score (nSPS) is 27.7. The second-order valence-electron chi connectivity index (χ2n) is 5.99. The molecule has 2 fully saturated rings. The quantitative estimate of drug-likeness (QED) is 0.925. The van der Waals surface area contributed by atoms with Gasteiger partial charge in [-0.1, -0.05) is 0 Å². The second-order valence-corrected chi connectivity index (χ2v) is 6.84. The number of hydrogen-bond acceptors (Lipinski definition) is 5. The van der Waals surface area contributed by atoms with Gasteiger partial charge in [-0.2, -0.15) is 0 Å². The summed E-state index contributed by atoms with van der Waals surface area (Å²) in [5.74, 6) is 0.0756. The summed E-state index contributed by atoms with van der Waals surface area (Å²) in [4.78, 5) is 19.3. The van der Waals surface area contributed by atoms with Crippen LogP contribution >= 0.6 is 11.3 Å². The maximum Gasteiger partial charge on any atom is 0.265 e. The summed E-state index contributed by atoms with van der Waals surface area (Å²) in [7, 11) is 0. The molecule has 3 rings (SSSR count). The number of carbonyl (C=O) groups excluding carboxylic acids is 1. The van der Waals surface area contributed by atoms with Crippen LogP contribution in [0.4, 0.5) is 0 Å². The fraction of sp³-hybridized carbons (Fsp3) is 0.733. The Labute approximate surface area is 128 Å². The standard InChI is InChI=1S/C15H22N2O3S/c1-3-20-12-8-11(18)15(12)4-6-17(7-5-15)14(19)13-10(2)16-9-21-13/h9,11-12,18H,3-8H2,1-2H3/t11-,12+/m1/s1. The largest absolute Gasteiger partial charge is 0.392 e. The van der Waals surface area contributed by atoms with E-state index in [4.69, 9.17) is 4.74 Å². The summed E-state index contributed by atoms with van der Waals surface area (Å²) >= 11 is 1.40. The molecule has 0 unspecified atom stereocenters. The molecule has 1 amide bonds. The molecule has 21 heavy (non-hydrogen) atoms. The van der Waals surface area contributed by atoms with Gasteiger partial charge in [0.15, 0.2) is 0 Å². The van der Waals surface area contributed by atoms with E-state index in [0.29, 0.717) is 19.7 Å². The van der Waals surface area contributed by atoms with Crippen LogP contribution in [-0.2, 0) is 4.74 Å². The van der Waals surface area contributed by atoms with E-state index < -0.39 is 0 Å². The molecule has 5 nitrogen and oxygen atoms in total. The number of thiazole rings is 1. The number of aliphatic hydroxyl groups is 1. The van der Waals surface area contributed by atoms with Crippen molar-refractivity contribution in [3.63, 3.8) is 0 Å². The first-order valence-electron chi connectivity index (χ1n) is 7.57. The molecule has 6 heteroatoms. The summed E-state index contributed by atoms with van der Waals surface area (Å²) in [6.45, 7) is 5.93. The molecule has 1 aromatic heterocycles. The average molecular weight is 310 g/mol. The van der Waals surface area contributed by atoms with Crippen LogP contribution < -0.4 is 0 Å². The van der Waals surface area contributed by atoms with Crippen LogP contribution in [0, 0.1) is 12.3 Å². The topological polar surface area (TPSA) is 62.7 Å². The molecule has 0 bridgehead atoms. The zero-order valence-corrected chi connectivity index (χ0v) is 13.4. The van der Waals surface area contributed by atoms with E-state index in [1.165, 1.54) is 11.3 Å². The summed E-state index contributed by atoms with van der Waals surface area (Å²) in [5.41, 5.74) is 2.39. The van der Waals surface area contributed by atoms with Crippen molar-refractivity contribution < 1.29 is 14.6 Å². The SMILES string of the molecule is CCO[C@H]1C[C@@H](O)C12CCN(C(=O)c1scnc1C)CC2. The third-order valence-electron chi connectivity index (χ3n) is 5.03. The first-order valence-corrected chi connectivity index (χ1v) is 8.45. The third-order valence-corrected chi connectivity index (χ3v) is 5.95. The number of aromatic nitrogens is 1. The van der Waals surface area contributed by atoms with Crippen molar-refractivity contribution in [1.29, 1.82) is 0 Å². The van der Waals surface area contributed by atoms with Crippen molar-refractivity contribution in [1.82, 2.24) is 9.88 Å². The van der Waals surface area contributed by atoms with E-state index in [-0.39, 0.29) is 23.5 Å². The number of amides is 1. The Morgan fingerprint density at radius 1 is 1.57 bits per heavy atom. The lowest BCUT2D eigenvalue weighted by Crippen LogP contribution is -2.62. The summed E-state index contributed by atoms with van der Waals surface area (Å²) in [6.07, 6.45) is 2.25. The number of rotatable bonds is 3. The van der Waals surface area contributed by atoms with Gasteiger partial charge in [0.2, 0.25) is 0 Å². The van der Waals surface area contributed by atoms with E-state index >= 15 is 0 Å². The van der Waals surface area contributed by atoms with Gasteiger partial charge in [-0.15, -0.1) is 11.3 Å². The lowest BCUT2D eigenvalue weighted by atomic mass is 9.58. The highest BCUT2D eigenvalue weighted by Crippen LogP contribution is 2.51. The van der Waals surface area contributed by atoms with Crippen LogP contribution in [0.25, 0.3) is 0 Å². The van der Waals surface area contributed by atoms with Crippen LogP contribution in [-0.4, -0.2) is 52.8 Å². The maximum atomic E-state index is 12.5. The van der Waals surface area contributed by atoms with Crippen molar-refractivity contribution in [3.8, 4) is 0 Å². The first kappa shape index (κ1) is 14.9. The lowest BCUT2D eigenvalue weighted by Gasteiger charge is -2.56.